The van der Waals surface area contributed by atoms with Gasteiger partial charge in [-0.3, -0.25) is 4.79 Å². The van der Waals surface area contributed by atoms with Gasteiger partial charge in [0, 0.05) is 0 Å². The molecule has 0 fully saturated rings. The number of rotatable bonds is 4. The number of carbonyl (C=O) groups is 1. The SMILES string of the molecule is N#Cc1ccc(OCC(=O)c2ccccc2F)c(F)c1. The van der Waals surface area contributed by atoms with Crippen molar-refractivity contribution in [3.63, 3.8) is 0 Å². The fourth-order valence-electron chi connectivity index (χ4n) is 1.60. The van der Waals surface area contributed by atoms with E-state index in [0.717, 1.165) is 12.1 Å². The van der Waals surface area contributed by atoms with Crippen LogP contribution in [0.15, 0.2) is 42.5 Å². The fourth-order valence-corrected chi connectivity index (χ4v) is 1.60. The second kappa shape index (κ2) is 5.93. The van der Waals surface area contributed by atoms with E-state index in [9.17, 15) is 13.6 Å². The van der Waals surface area contributed by atoms with Crippen LogP contribution in [0.2, 0.25) is 0 Å². The maximum absolute atomic E-state index is 13.5. The quantitative estimate of drug-likeness (QED) is 0.804. The molecule has 5 heteroatoms. The summed E-state index contributed by atoms with van der Waals surface area (Å²) in [5.41, 5.74) is 0.0387. The van der Waals surface area contributed by atoms with Gasteiger partial charge < -0.3 is 4.74 Å². The molecule has 0 aliphatic heterocycles. The van der Waals surface area contributed by atoms with E-state index < -0.39 is 24.0 Å². The molecule has 100 valence electrons. The third-order valence-electron chi connectivity index (χ3n) is 2.59. The summed E-state index contributed by atoms with van der Waals surface area (Å²) in [6, 6.07) is 10.9. The highest BCUT2D eigenvalue weighted by Gasteiger charge is 2.13. The number of carbonyl (C=O) groups excluding carboxylic acids is 1. The van der Waals surface area contributed by atoms with Gasteiger partial charge in [0.2, 0.25) is 5.78 Å². The largest absolute Gasteiger partial charge is 0.482 e. The van der Waals surface area contributed by atoms with Crippen molar-refractivity contribution < 1.29 is 18.3 Å². The zero-order valence-electron chi connectivity index (χ0n) is 10.3. The van der Waals surface area contributed by atoms with Gasteiger partial charge in [-0.05, 0) is 30.3 Å². The average molecular weight is 273 g/mol. The molecule has 2 rings (SSSR count). The lowest BCUT2D eigenvalue weighted by molar-refractivity contribution is 0.0914. The molecule has 0 aliphatic rings. The van der Waals surface area contributed by atoms with Gasteiger partial charge in [-0.25, -0.2) is 8.78 Å². The van der Waals surface area contributed by atoms with Crippen LogP contribution in [0.1, 0.15) is 15.9 Å². The van der Waals surface area contributed by atoms with Crippen LogP contribution < -0.4 is 4.74 Å². The monoisotopic (exact) mass is 273 g/mol. The van der Waals surface area contributed by atoms with Gasteiger partial charge in [-0.1, -0.05) is 12.1 Å². The van der Waals surface area contributed by atoms with E-state index in [1.54, 1.807) is 6.07 Å². The third kappa shape index (κ3) is 2.98. The van der Waals surface area contributed by atoms with Gasteiger partial charge in [-0.15, -0.1) is 0 Å². The molecule has 2 aromatic rings. The molecule has 0 bridgehead atoms. The number of benzene rings is 2. The van der Waals surface area contributed by atoms with Crippen molar-refractivity contribution in [3.8, 4) is 11.8 Å². The van der Waals surface area contributed by atoms with Crippen molar-refractivity contribution in [1.29, 1.82) is 5.26 Å². The lowest BCUT2D eigenvalue weighted by atomic mass is 10.1. The summed E-state index contributed by atoms with van der Waals surface area (Å²) >= 11 is 0. The molecule has 0 atom stereocenters. The zero-order valence-corrected chi connectivity index (χ0v) is 10.3. The second-order valence-electron chi connectivity index (χ2n) is 3.95. The Bertz CT molecular complexity index is 693. The van der Waals surface area contributed by atoms with E-state index in [2.05, 4.69) is 0 Å². The number of nitriles is 1. The highest BCUT2D eigenvalue weighted by Crippen LogP contribution is 2.18. The predicted molar refractivity (Wildman–Crippen MR) is 67.3 cm³/mol. The molecule has 0 amide bonds. The topological polar surface area (TPSA) is 50.1 Å². The average Bonchev–Trinajstić information content (AvgIpc) is 2.46. The van der Waals surface area contributed by atoms with Gasteiger partial charge in [0.25, 0.3) is 0 Å². The molecule has 0 unspecified atom stereocenters. The minimum Gasteiger partial charge on any atom is -0.482 e. The zero-order chi connectivity index (χ0) is 14.5. The molecule has 0 radical (unpaired) electrons. The Kier molecular flexibility index (Phi) is 4.06. The lowest BCUT2D eigenvalue weighted by Crippen LogP contribution is -2.13. The van der Waals surface area contributed by atoms with Gasteiger partial charge in [0.1, 0.15) is 5.82 Å². The van der Waals surface area contributed by atoms with Crippen molar-refractivity contribution in [2.24, 2.45) is 0 Å². The number of Topliss-reactive ketones (excluding diaryl/α,β-unsaturated/α-hetero) is 1. The van der Waals surface area contributed by atoms with Crippen LogP contribution in [-0.2, 0) is 0 Å². The second-order valence-corrected chi connectivity index (χ2v) is 3.95. The van der Waals surface area contributed by atoms with Crippen molar-refractivity contribution in [2.45, 2.75) is 0 Å². The Balaban J connectivity index is 2.08. The maximum atomic E-state index is 13.5. The molecular weight excluding hydrogens is 264 g/mol. The molecule has 20 heavy (non-hydrogen) atoms. The Morgan fingerprint density at radius 3 is 2.55 bits per heavy atom. The van der Waals surface area contributed by atoms with Crippen LogP contribution in [0, 0.1) is 23.0 Å². The smallest absolute Gasteiger partial charge is 0.203 e. The number of halogens is 2. The first-order valence-corrected chi connectivity index (χ1v) is 5.72. The molecule has 0 N–H and O–H groups in total. The number of hydrogen-bond donors (Lipinski definition) is 0. The van der Waals surface area contributed by atoms with Gasteiger partial charge in [0.15, 0.2) is 18.2 Å². The molecule has 3 nitrogen and oxygen atoms in total. The van der Waals surface area contributed by atoms with E-state index in [4.69, 9.17) is 10.00 Å². The number of ether oxygens (including phenoxy) is 1. The molecule has 0 spiro atoms. The number of ketones is 1. The summed E-state index contributed by atoms with van der Waals surface area (Å²) in [6.07, 6.45) is 0. The first kappa shape index (κ1) is 13.7. The maximum Gasteiger partial charge on any atom is 0.203 e. The van der Waals surface area contributed by atoms with Crippen LogP contribution in [0.3, 0.4) is 0 Å². The van der Waals surface area contributed by atoms with Crippen molar-refractivity contribution in [3.05, 3.63) is 65.2 Å². The first-order chi connectivity index (χ1) is 9.61. The van der Waals surface area contributed by atoms with E-state index >= 15 is 0 Å². The van der Waals surface area contributed by atoms with Gasteiger partial charge in [0.05, 0.1) is 17.2 Å². The molecule has 0 heterocycles. The molecular formula is C15H9F2NO2. The van der Waals surface area contributed by atoms with Crippen molar-refractivity contribution in [1.82, 2.24) is 0 Å². The van der Waals surface area contributed by atoms with E-state index in [1.807, 2.05) is 0 Å². The third-order valence-corrected chi connectivity index (χ3v) is 2.59. The number of hydrogen-bond acceptors (Lipinski definition) is 3. The standard InChI is InChI=1S/C15H9F2NO2/c16-12-4-2-1-3-11(12)14(19)9-20-15-6-5-10(8-18)7-13(15)17/h1-7H,9H2. The Hall–Kier alpha value is -2.74. The Labute approximate surface area is 114 Å². The minimum atomic E-state index is -0.745. The molecule has 0 saturated carbocycles. The molecule has 0 saturated heterocycles. The van der Waals surface area contributed by atoms with Gasteiger partial charge >= 0.3 is 0 Å². The van der Waals surface area contributed by atoms with Crippen LogP contribution >= 0.6 is 0 Å². The van der Waals surface area contributed by atoms with E-state index in [-0.39, 0.29) is 16.9 Å². The van der Waals surface area contributed by atoms with Crippen LogP contribution in [0.25, 0.3) is 0 Å². The summed E-state index contributed by atoms with van der Waals surface area (Å²) in [7, 11) is 0. The Morgan fingerprint density at radius 1 is 1.15 bits per heavy atom. The van der Waals surface area contributed by atoms with E-state index in [0.29, 0.717) is 0 Å². The summed E-state index contributed by atoms with van der Waals surface area (Å²) in [5, 5.41) is 8.60. The van der Waals surface area contributed by atoms with E-state index in [1.165, 1.54) is 30.3 Å². The number of nitrogens with zero attached hydrogens (tertiary/aromatic N) is 1. The highest BCUT2D eigenvalue weighted by molar-refractivity contribution is 5.97. The van der Waals surface area contributed by atoms with Gasteiger partial charge in [-0.2, -0.15) is 5.26 Å². The van der Waals surface area contributed by atoms with Crippen molar-refractivity contribution >= 4 is 5.78 Å². The molecule has 0 aromatic heterocycles. The molecule has 0 aliphatic carbocycles. The normalized spacial score (nSPS) is 9.85. The van der Waals surface area contributed by atoms with Crippen LogP contribution in [0.4, 0.5) is 8.78 Å². The summed E-state index contributed by atoms with van der Waals surface area (Å²) in [6.45, 7) is -0.482. The Morgan fingerprint density at radius 2 is 1.90 bits per heavy atom. The van der Waals surface area contributed by atoms with Crippen LogP contribution in [0.5, 0.6) is 5.75 Å². The lowest BCUT2D eigenvalue weighted by Gasteiger charge is -2.07. The van der Waals surface area contributed by atoms with Crippen molar-refractivity contribution in [2.75, 3.05) is 6.61 Å². The fraction of sp³-hybridized carbons (Fsp3) is 0.0667. The highest BCUT2D eigenvalue weighted by atomic mass is 19.1. The first-order valence-electron chi connectivity index (χ1n) is 5.72. The molecule has 2 aromatic carbocycles. The van der Waals surface area contributed by atoms with Crippen LogP contribution in [-0.4, -0.2) is 12.4 Å². The summed E-state index contributed by atoms with van der Waals surface area (Å²) < 4.78 is 31.9. The summed E-state index contributed by atoms with van der Waals surface area (Å²) in [5.74, 6) is -2.15. The summed E-state index contributed by atoms with van der Waals surface area (Å²) in [4.78, 5) is 11.7. The minimum absolute atomic E-state index is 0.110. The predicted octanol–water partition coefficient (Wildman–Crippen LogP) is 3.10.